The highest BCUT2D eigenvalue weighted by molar-refractivity contribution is 7.80. The van der Waals surface area contributed by atoms with E-state index in [1.807, 2.05) is 13.8 Å². The SMILES string of the molecule is CCCCCC(O)C(O)(CCCCC)C(=O)NC(CS)C(=O)O. The van der Waals surface area contributed by atoms with Crippen LogP contribution in [0.1, 0.15) is 65.2 Å². The summed E-state index contributed by atoms with van der Waals surface area (Å²) in [4.78, 5) is 23.4. The van der Waals surface area contributed by atoms with Crippen molar-refractivity contribution in [3.63, 3.8) is 0 Å². The average molecular weight is 349 g/mol. The molecule has 0 aromatic heterocycles. The van der Waals surface area contributed by atoms with Crippen LogP contribution in [-0.4, -0.2) is 50.7 Å². The maximum atomic E-state index is 12.4. The molecule has 0 aromatic rings. The zero-order valence-electron chi connectivity index (χ0n) is 14.1. The number of rotatable bonds is 13. The Bertz CT molecular complexity index is 366. The summed E-state index contributed by atoms with van der Waals surface area (Å²) in [5, 5.41) is 32.3. The molecule has 3 unspecified atom stereocenters. The van der Waals surface area contributed by atoms with Gasteiger partial charge in [0.2, 0.25) is 0 Å². The van der Waals surface area contributed by atoms with E-state index in [0.717, 1.165) is 25.7 Å². The van der Waals surface area contributed by atoms with E-state index >= 15 is 0 Å². The third-order valence-corrected chi connectivity index (χ3v) is 4.34. The normalized spacial score (nSPS) is 16.4. The van der Waals surface area contributed by atoms with Crippen LogP contribution in [0.2, 0.25) is 0 Å². The molecule has 0 heterocycles. The molecule has 23 heavy (non-hydrogen) atoms. The summed E-state index contributed by atoms with van der Waals surface area (Å²) in [5.74, 6) is -2.14. The molecule has 4 N–H and O–H groups in total. The number of aliphatic carboxylic acids is 1. The number of carbonyl (C=O) groups is 2. The molecule has 0 spiro atoms. The first-order valence-electron chi connectivity index (χ1n) is 8.38. The molecule has 0 saturated carbocycles. The van der Waals surface area contributed by atoms with Gasteiger partial charge in [-0.25, -0.2) is 4.79 Å². The molecule has 0 aliphatic rings. The Morgan fingerprint density at radius 2 is 1.70 bits per heavy atom. The first-order chi connectivity index (χ1) is 10.8. The Hall–Kier alpha value is -0.790. The molecular weight excluding hydrogens is 318 g/mol. The number of carboxylic acid groups (broad SMARTS) is 1. The zero-order chi connectivity index (χ0) is 17.9. The van der Waals surface area contributed by atoms with Crippen LogP contribution in [0, 0.1) is 0 Å². The minimum Gasteiger partial charge on any atom is -0.480 e. The number of amides is 1. The van der Waals surface area contributed by atoms with E-state index < -0.39 is 29.6 Å². The highest BCUT2D eigenvalue weighted by Gasteiger charge is 2.43. The Labute approximate surface area is 144 Å². The highest BCUT2D eigenvalue weighted by atomic mass is 32.1. The molecule has 0 aliphatic carbocycles. The topological polar surface area (TPSA) is 107 Å². The molecule has 0 saturated heterocycles. The van der Waals surface area contributed by atoms with Gasteiger partial charge in [0.15, 0.2) is 5.60 Å². The molecule has 0 fully saturated rings. The maximum absolute atomic E-state index is 12.4. The molecule has 3 atom stereocenters. The van der Waals surface area contributed by atoms with Gasteiger partial charge in [0.05, 0.1) is 6.10 Å². The van der Waals surface area contributed by atoms with Gasteiger partial charge in [-0.15, -0.1) is 0 Å². The summed E-state index contributed by atoms with van der Waals surface area (Å²) in [6, 6.07) is -1.19. The van der Waals surface area contributed by atoms with Crippen molar-refractivity contribution in [1.82, 2.24) is 5.32 Å². The van der Waals surface area contributed by atoms with Crippen molar-refractivity contribution in [3.8, 4) is 0 Å². The minimum absolute atomic E-state index is 0.0853. The molecule has 6 nitrogen and oxygen atoms in total. The lowest BCUT2D eigenvalue weighted by Crippen LogP contribution is -2.58. The van der Waals surface area contributed by atoms with Crippen molar-refractivity contribution < 1.29 is 24.9 Å². The standard InChI is InChI=1S/C16H31NO5S/c1-3-5-7-9-13(18)16(22,10-8-6-4-2)15(21)17-12(11-23)14(19)20/h12-13,18,22-23H,3-11H2,1-2H3,(H,17,21)(H,19,20). The Kier molecular flexibility index (Phi) is 11.3. The molecule has 0 aromatic carbocycles. The van der Waals surface area contributed by atoms with Crippen LogP contribution in [0.4, 0.5) is 0 Å². The number of thiol groups is 1. The predicted octanol–water partition coefficient (Wildman–Crippen LogP) is 1.74. The molecule has 0 rings (SSSR count). The second-order valence-electron chi connectivity index (χ2n) is 5.94. The molecular formula is C16H31NO5S. The second-order valence-corrected chi connectivity index (χ2v) is 6.30. The number of hydrogen-bond acceptors (Lipinski definition) is 5. The fourth-order valence-corrected chi connectivity index (χ4v) is 2.62. The Balaban J connectivity index is 4.99. The third-order valence-electron chi connectivity index (χ3n) is 3.97. The second kappa shape index (κ2) is 11.7. The van der Waals surface area contributed by atoms with E-state index in [0.29, 0.717) is 19.3 Å². The minimum atomic E-state index is -1.96. The van der Waals surface area contributed by atoms with E-state index in [1.54, 1.807) is 0 Å². The molecule has 0 bridgehead atoms. The van der Waals surface area contributed by atoms with Gasteiger partial charge in [-0.3, -0.25) is 4.79 Å². The van der Waals surface area contributed by atoms with Gasteiger partial charge in [0.25, 0.3) is 5.91 Å². The third kappa shape index (κ3) is 7.54. The molecule has 7 heteroatoms. The van der Waals surface area contributed by atoms with Gasteiger partial charge in [0, 0.05) is 5.75 Å². The van der Waals surface area contributed by atoms with Crippen LogP contribution in [0.25, 0.3) is 0 Å². The van der Waals surface area contributed by atoms with Crippen LogP contribution in [-0.2, 0) is 9.59 Å². The lowest BCUT2D eigenvalue weighted by atomic mass is 9.86. The summed E-state index contributed by atoms with van der Waals surface area (Å²) in [6.45, 7) is 4.02. The molecule has 136 valence electrons. The van der Waals surface area contributed by atoms with Crippen molar-refractivity contribution in [1.29, 1.82) is 0 Å². The summed E-state index contributed by atoms with van der Waals surface area (Å²) in [5.41, 5.74) is -1.96. The zero-order valence-corrected chi connectivity index (χ0v) is 15.0. The van der Waals surface area contributed by atoms with Crippen LogP contribution in [0.15, 0.2) is 0 Å². The first kappa shape index (κ1) is 22.2. The van der Waals surface area contributed by atoms with E-state index in [1.165, 1.54) is 0 Å². The van der Waals surface area contributed by atoms with Gasteiger partial charge < -0.3 is 20.6 Å². The van der Waals surface area contributed by atoms with Gasteiger partial charge in [-0.2, -0.15) is 12.6 Å². The summed E-state index contributed by atoms with van der Waals surface area (Å²) in [7, 11) is 0. The first-order valence-corrected chi connectivity index (χ1v) is 9.01. The highest BCUT2D eigenvalue weighted by Crippen LogP contribution is 2.24. The molecule has 0 radical (unpaired) electrons. The lowest BCUT2D eigenvalue weighted by molar-refractivity contribution is -0.158. The van der Waals surface area contributed by atoms with E-state index in [2.05, 4.69) is 17.9 Å². The average Bonchev–Trinajstić information content (AvgIpc) is 2.51. The van der Waals surface area contributed by atoms with Crippen molar-refractivity contribution in [2.45, 2.75) is 83.0 Å². The van der Waals surface area contributed by atoms with E-state index in [4.69, 9.17) is 5.11 Å². The fourth-order valence-electron chi connectivity index (χ4n) is 2.37. The van der Waals surface area contributed by atoms with Crippen LogP contribution >= 0.6 is 12.6 Å². The molecule has 1 amide bonds. The van der Waals surface area contributed by atoms with Gasteiger partial charge >= 0.3 is 5.97 Å². The number of carboxylic acids is 1. The Morgan fingerprint density at radius 3 is 2.17 bits per heavy atom. The Morgan fingerprint density at radius 1 is 1.13 bits per heavy atom. The molecule has 0 aliphatic heterocycles. The maximum Gasteiger partial charge on any atom is 0.327 e. The van der Waals surface area contributed by atoms with Crippen molar-refractivity contribution in [2.75, 3.05) is 5.75 Å². The number of aliphatic hydroxyl groups is 2. The van der Waals surface area contributed by atoms with E-state index in [-0.39, 0.29) is 12.2 Å². The van der Waals surface area contributed by atoms with Crippen molar-refractivity contribution in [2.24, 2.45) is 0 Å². The monoisotopic (exact) mass is 349 g/mol. The number of carbonyl (C=O) groups excluding carboxylic acids is 1. The summed E-state index contributed by atoms with van der Waals surface area (Å²) in [6.07, 6.45) is 4.11. The summed E-state index contributed by atoms with van der Waals surface area (Å²) < 4.78 is 0. The van der Waals surface area contributed by atoms with Crippen molar-refractivity contribution in [3.05, 3.63) is 0 Å². The smallest absolute Gasteiger partial charge is 0.327 e. The number of nitrogens with one attached hydrogen (secondary N) is 1. The van der Waals surface area contributed by atoms with Crippen molar-refractivity contribution >= 4 is 24.5 Å². The number of unbranched alkanes of at least 4 members (excludes halogenated alkanes) is 4. The number of aliphatic hydroxyl groups excluding tert-OH is 1. The van der Waals surface area contributed by atoms with Crippen LogP contribution in [0.5, 0.6) is 0 Å². The van der Waals surface area contributed by atoms with Crippen LogP contribution in [0.3, 0.4) is 0 Å². The fraction of sp³-hybridized carbons (Fsp3) is 0.875. The van der Waals surface area contributed by atoms with Gasteiger partial charge in [0.1, 0.15) is 6.04 Å². The largest absolute Gasteiger partial charge is 0.480 e. The van der Waals surface area contributed by atoms with Crippen LogP contribution < -0.4 is 5.32 Å². The van der Waals surface area contributed by atoms with Gasteiger partial charge in [-0.1, -0.05) is 46.0 Å². The summed E-state index contributed by atoms with van der Waals surface area (Å²) >= 11 is 3.89. The van der Waals surface area contributed by atoms with Gasteiger partial charge in [-0.05, 0) is 19.3 Å². The van der Waals surface area contributed by atoms with E-state index in [9.17, 15) is 19.8 Å². The predicted molar refractivity (Wildman–Crippen MR) is 92.7 cm³/mol. The number of hydrogen-bond donors (Lipinski definition) is 5. The quantitative estimate of drug-likeness (QED) is 0.257. The lowest BCUT2D eigenvalue weighted by Gasteiger charge is -2.33.